The molecule has 2 rings (SSSR count). The molecule has 0 radical (unpaired) electrons. The van der Waals surface area contributed by atoms with Gasteiger partial charge >= 0.3 is 0 Å². The Balaban J connectivity index is 2.40. The van der Waals surface area contributed by atoms with Crippen molar-refractivity contribution >= 4 is 21.6 Å². The first-order valence-corrected chi connectivity index (χ1v) is 6.95. The molecular weight excluding hydrogens is 285 g/mol. The van der Waals surface area contributed by atoms with E-state index in [-0.39, 0.29) is 23.0 Å². The van der Waals surface area contributed by atoms with Crippen LogP contribution in [0.15, 0.2) is 23.1 Å². The van der Waals surface area contributed by atoms with Crippen LogP contribution < -0.4 is 0 Å². The van der Waals surface area contributed by atoms with Crippen LogP contribution >= 0.6 is 11.6 Å². The number of hydrogen-bond acceptors (Lipinski definition) is 4. The highest BCUT2D eigenvalue weighted by Crippen LogP contribution is 2.27. The van der Waals surface area contributed by atoms with Crippen molar-refractivity contribution < 1.29 is 23.0 Å². The molecule has 0 bridgehead atoms. The van der Waals surface area contributed by atoms with Crippen LogP contribution in [0.1, 0.15) is 0 Å². The third-order valence-electron chi connectivity index (χ3n) is 2.74. The van der Waals surface area contributed by atoms with Gasteiger partial charge in [-0.3, -0.25) is 0 Å². The second-order valence-corrected chi connectivity index (χ2v) is 6.35. The largest absolute Gasteiger partial charge is 0.389 e. The number of aliphatic hydroxyl groups is 2. The smallest absolute Gasteiger partial charge is 0.244 e. The third kappa shape index (κ3) is 2.36. The molecule has 18 heavy (non-hydrogen) atoms. The molecule has 8 heteroatoms. The Hall–Kier alpha value is -0.730. The summed E-state index contributed by atoms with van der Waals surface area (Å²) in [5, 5.41) is 18.6. The fourth-order valence-corrected chi connectivity index (χ4v) is 3.71. The van der Waals surface area contributed by atoms with Crippen LogP contribution in [0, 0.1) is 5.82 Å². The van der Waals surface area contributed by atoms with Crippen molar-refractivity contribution in [3.05, 3.63) is 29.0 Å². The van der Waals surface area contributed by atoms with Gasteiger partial charge in [0.2, 0.25) is 10.0 Å². The second kappa shape index (κ2) is 4.75. The molecule has 2 unspecified atom stereocenters. The van der Waals surface area contributed by atoms with Gasteiger partial charge in [-0.1, -0.05) is 11.6 Å². The number of aliphatic hydroxyl groups excluding tert-OH is 2. The Morgan fingerprint density at radius 1 is 1.28 bits per heavy atom. The lowest BCUT2D eigenvalue weighted by atomic mass is 10.3. The fraction of sp³-hybridized carbons (Fsp3) is 0.400. The van der Waals surface area contributed by atoms with Gasteiger partial charge in [0.15, 0.2) is 0 Å². The highest BCUT2D eigenvalue weighted by Gasteiger charge is 2.38. The van der Waals surface area contributed by atoms with Crippen LogP contribution in [-0.4, -0.2) is 48.2 Å². The Morgan fingerprint density at radius 2 is 1.83 bits per heavy atom. The summed E-state index contributed by atoms with van der Waals surface area (Å²) in [4.78, 5) is -0.370. The SMILES string of the molecule is O=S(=O)(c1cc(F)ccc1Cl)N1CC(O)C(O)C1. The monoisotopic (exact) mass is 295 g/mol. The van der Waals surface area contributed by atoms with Gasteiger partial charge in [0.05, 0.1) is 17.2 Å². The van der Waals surface area contributed by atoms with Crippen molar-refractivity contribution in [2.45, 2.75) is 17.1 Å². The predicted octanol–water partition coefficient (Wildman–Crippen LogP) is 0.205. The summed E-state index contributed by atoms with van der Waals surface area (Å²) >= 11 is 5.73. The lowest BCUT2D eigenvalue weighted by molar-refractivity contribution is 0.0572. The Bertz CT molecular complexity index is 555. The summed E-state index contributed by atoms with van der Waals surface area (Å²) in [5.74, 6) is -0.724. The number of rotatable bonds is 2. The zero-order valence-corrected chi connectivity index (χ0v) is 10.7. The minimum atomic E-state index is -4.02. The van der Waals surface area contributed by atoms with Gasteiger partial charge < -0.3 is 10.2 Å². The Kier molecular flexibility index (Phi) is 3.61. The third-order valence-corrected chi connectivity index (χ3v) is 5.05. The molecule has 1 aliphatic heterocycles. The predicted molar refractivity (Wildman–Crippen MR) is 62.2 cm³/mol. The topological polar surface area (TPSA) is 77.8 Å². The van der Waals surface area contributed by atoms with Crippen molar-refractivity contribution in [3.8, 4) is 0 Å². The van der Waals surface area contributed by atoms with Crippen molar-refractivity contribution in [2.75, 3.05) is 13.1 Å². The standard InChI is InChI=1S/C10H11ClFNO4S/c11-7-2-1-6(12)3-10(7)18(16,17)13-4-8(14)9(15)5-13/h1-3,8-9,14-15H,4-5H2. The van der Waals surface area contributed by atoms with E-state index < -0.39 is 28.0 Å². The lowest BCUT2D eigenvalue weighted by Crippen LogP contribution is -2.30. The number of sulfonamides is 1. The number of hydrogen-bond donors (Lipinski definition) is 2. The second-order valence-electron chi connectivity index (χ2n) is 4.03. The molecule has 100 valence electrons. The molecule has 0 saturated carbocycles. The van der Waals surface area contributed by atoms with Crippen molar-refractivity contribution in [3.63, 3.8) is 0 Å². The molecule has 1 aromatic rings. The first-order chi connectivity index (χ1) is 8.32. The number of benzene rings is 1. The molecule has 1 fully saturated rings. The van der Waals surface area contributed by atoms with E-state index in [0.29, 0.717) is 0 Å². The average molecular weight is 296 g/mol. The normalized spacial score (nSPS) is 25.6. The maximum Gasteiger partial charge on any atom is 0.244 e. The van der Waals surface area contributed by atoms with E-state index in [1.807, 2.05) is 0 Å². The summed E-state index contributed by atoms with van der Waals surface area (Å²) in [6, 6.07) is 3.01. The van der Waals surface area contributed by atoms with E-state index in [0.717, 1.165) is 22.5 Å². The Morgan fingerprint density at radius 3 is 2.39 bits per heavy atom. The van der Waals surface area contributed by atoms with Gasteiger partial charge in [0.25, 0.3) is 0 Å². The van der Waals surface area contributed by atoms with Crippen LogP contribution in [0.2, 0.25) is 5.02 Å². The van der Waals surface area contributed by atoms with E-state index in [1.54, 1.807) is 0 Å². The quantitative estimate of drug-likeness (QED) is 0.817. The fourth-order valence-electron chi connectivity index (χ4n) is 1.75. The summed E-state index contributed by atoms with van der Waals surface area (Å²) in [6.45, 7) is -0.479. The molecule has 0 spiro atoms. The van der Waals surface area contributed by atoms with Gasteiger partial charge in [0, 0.05) is 13.1 Å². The van der Waals surface area contributed by atoms with Crippen LogP contribution in [0.4, 0.5) is 4.39 Å². The summed E-state index contributed by atoms with van der Waals surface area (Å²) in [6.07, 6.45) is -2.29. The summed E-state index contributed by atoms with van der Waals surface area (Å²) in [7, 11) is -4.02. The van der Waals surface area contributed by atoms with Crippen LogP contribution in [0.5, 0.6) is 0 Å². The molecular formula is C10H11ClFNO4S. The van der Waals surface area contributed by atoms with Crippen molar-refractivity contribution in [1.29, 1.82) is 0 Å². The van der Waals surface area contributed by atoms with Gasteiger partial charge in [-0.05, 0) is 18.2 Å². The number of halogens is 2. The molecule has 1 heterocycles. The van der Waals surface area contributed by atoms with Gasteiger partial charge in [-0.25, -0.2) is 12.8 Å². The van der Waals surface area contributed by atoms with Crippen LogP contribution in [-0.2, 0) is 10.0 Å². The molecule has 1 aliphatic rings. The maximum absolute atomic E-state index is 13.1. The van der Waals surface area contributed by atoms with Gasteiger partial charge in [-0.2, -0.15) is 4.31 Å². The average Bonchev–Trinajstić information content (AvgIpc) is 2.63. The number of β-amino-alcohol motifs (C(OH)–C–C–N with tert-alkyl or cyclic N) is 2. The first-order valence-electron chi connectivity index (χ1n) is 5.13. The van der Waals surface area contributed by atoms with E-state index in [9.17, 15) is 23.0 Å². The minimum Gasteiger partial charge on any atom is -0.389 e. The van der Waals surface area contributed by atoms with E-state index in [2.05, 4.69) is 0 Å². The van der Waals surface area contributed by atoms with E-state index >= 15 is 0 Å². The van der Waals surface area contributed by atoms with Crippen LogP contribution in [0.3, 0.4) is 0 Å². The molecule has 0 aliphatic carbocycles. The van der Waals surface area contributed by atoms with E-state index in [4.69, 9.17) is 11.6 Å². The minimum absolute atomic E-state index is 0.104. The van der Waals surface area contributed by atoms with E-state index in [1.165, 1.54) is 0 Å². The molecule has 0 aromatic heterocycles. The van der Waals surface area contributed by atoms with Crippen molar-refractivity contribution in [2.24, 2.45) is 0 Å². The van der Waals surface area contributed by atoms with Crippen LogP contribution in [0.25, 0.3) is 0 Å². The van der Waals surface area contributed by atoms with Gasteiger partial charge in [0.1, 0.15) is 10.7 Å². The lowest BCUT2D eigenvalue weighted by Gasteiger charge is -2.16. The zero-order chi connectivity index (χ0) is 13.5. The molecule has 2 N–H and O–H groups in total. The zero-order valence-electron chi connectivity index (χ0n) is 9.12. The molecule has 1 saturated heterocycles. The van der Waals surface area contributed by atoms with Gasteiger partial charge in [-0.15, -0.1) is 0 Å². The Labute approximate surface area is 108 Å². The summed E-state index contributed by atoms with van der Waals surface area (Å²) < 4.78 is 38.3. The van der Waals surface area contributed by atoms with Crippen molar-refractivity contribution in [1.82, 2.24) is 4.31 Å². The maximum atomic E-state index is 13.1. The first kappa shape index (κ1) is 13.7. The summed E-state index contributed by atoms with van der Waals surface area (Å²) in [5.41, 5.74) is 0. The molecule has 0 amide bonds. The highest BCUT2D eigenvalue weighted by atomic mass is 35.5. The molecule has 1 aromatic carbocycles. The molecule has 5 nitrogen and oxygen atoms in total. The highest BCUT2D eigenvalue weighted by molar-refractivity contribution is 7.89. The molecule has 2 atom stereocenters. The number of nitrogens with zero attached hydrogens (tertiary/aromatic N) is 1.